The number of nitrogens with zero attached hydrogens (tertiary/aromatic N) is 1. The van der Waals surface area contributed by atoms with E-state index in [9.17, 15) is 29.3 Å². The first-order valence-corrected chi connectivity index (χ1v) is 8.75. The van der Waals surface area contributed by atoms with Gasteiger partial charge >= 0.3 is 11.9 Å². The Hall–Kier alpha value is -2.41. The predicted octanol–water partition coefficient (Wildman–Crippen LogP) is -1.02. The maximum atomic E-state index is 11.8. The first-order chi connectivity index (χ1) is 12.7. The molecule has 2 atom stereocenters. The summed E-state index contributed by atoms with van der Waals surface area (Å²) < 4.78 is 14.2. The minimum absolute atomic E-state index is 0.0221. The highest BCUT2D eigenvalue weighted by Crippen LogP contribution is 2.07. The van der Waals surface area contributed by atoms with Crippen molar-refractivity contribution in [2.24, 2.45) is 5.92 Å². The number of methoxy groups -OCH3 is 2. The van der Waals surface area contributed by atoms with E-state index in [1.807, 2.05) is 0 Å². The number of hydrogen-bond donors (Lipinski definition) is 1. The van der Waals surface area contributed by atoms with E-state index in [4.69, 9.17) is 9.47 Å². The second-order valence-corrected chi connectivity index (χ2v) is 6.18. The van der Waals surface area contributed by atoms with E-state index in [0.717, 1.165) is 18.9 Å². The molecule has 12 nitrogen and oxygen atoms in total. The number of carbonyl (C=O) groups excluding carboxylic acids is 4. The van der Waals surface area contributed by atoms with Gasteiger partial charge in [0, 0.05) is 25.7 Å². The van der Waals surface area contributed by atoms with Crippen molar-refractivity contribution in [3.8, 4) is 0 Å². The first-order valence-electron chi connectivity index (χ1n) is 7.60. The number of carbonyl (C=O) groups is 4. The van der Waals surface area contributed by atoms with E-state index >= 15 is 0 Å². The molecule has 0 bridgehead atoms. The highest BCUT2D eigenvalue weighted by molar-refractivity contribution is 8.00. The van der Waals surface area contributed by atoms with E-state index in [-0.39, 0.29) is 31.3 Å². The Labute approximate surface area is 159 Å². The number of ketones is 1. The zero-order valence-corrected chi connectivity index (χ0v) is 15.9. The van der Waals surface area contributed by atoms with Gasteiger partial charge in [0.25, 0.3) is 5.09 Å². The van der Waals surface area contributed by atoms with Crippen molar-refractivity contribution in [3.63, 3.8) is 0 Å². The molecule has 1 amide bonds. The van der Waals surface area contributed by atoms with Crippen LogP contribution in [0.15, 0.2) is 0 Å². The maximum absolute atomic E-state index is 11.8. The smallest absolute Gasteiger partial charge is 0.375 e. The average Bonchev–Trinajstić information content (AvgIpc) is 2.61. The van der Waals surface area contributed by atoms with Crippen molar-refractivity contribution in [2.75, 3.05) is 45.5 Å². The molecular weight excluding hydrogens is 388 g/mol. The van der Waals surface area contributed by atoms with Gasteiger partial charge in [-0.2, -0.15) is 11.8 Å². The van der Waals surface area contributed by atoms with Crippen LogP contribution in [0.5, 0.6) is 0 Å². The van der Waals surface area contributed by atoms with Crippen LogP contribution in [0.25, 0.3) is 0 Å². The van der Waals surface area contributed by atoms with Gasteiger partial charge in [-0.3, -0.25) is 9.59 Å². The molecule has 0 radical (unpaired) electrons. The van der Waals surface area contributed by atoms with Crippen LogP contribution in [0.1, 0.15) is 6.92 Å². The number of thioether (sulfide) groups is 1. The molecule has 13 heteroatoms. The summed E-state index contributed by atoms with van der Waals surface area (Å²) >= 11 is 0.938. The molecular formula is C14H22N2O10S. The van der Waals surface area contributed by atoms with Gasteiger partial charge in [0.15, 0.2) is 0 Å². The summed E-state index contributed by atoms with van der Waals surface area (Å²) in [5.41, 5.74) is 0. The van der Waals surface area contributed by atoms with Crippen LogP contribution in [0.4, 0.5) is 0 Å². The second-order valence-electron chi connectivity index (χ2n) is 5.15. The second kappa shape index (κ2) is 13.7. The normalized spacial score (nSPS) is 12.4. The zero-order valence-electron chi connectivity index (χ0n) is 15.1. The fraction of sp³-hybridized carbons (Fsp3) is 0.714. The molecule has 0 spiro atoms. The Morgan fingerprint density at radius 1 is 1.15 bits per heavy atom. The molecule has 1 unspecified atom stereocenters. The summed E-state index contributed by atoms with van der Waals surface area (Å²) in [6.07, 6.45) is 0. The Morgan fingerprint density at radius 2 is 1.81 bits per heavy atom. The summed E-state index contributed by atoms with van der Waals surface area (Å²) in [7, 11) is 2.51. The first kappa shape index (κ1) is 24.6. The van der Waals surface area contributed by atoms with Crippen LogP contribution < -0.4 is 5.32 Å². The van der Waals surface area contributed by atoms with E-state index in [1.54, 1.807) is 0 Å². The Bertz CT molecular complexity index is 542. The molecule has 0 aliphatic rings. The van der Waals surface area contributed by atoms with Crippen molar-refractivity contribution in [3.05, 3.63) is 10.1 Å². The van der Waals surface area contributed by atoms with Gasteiger partial charge < -0.3 is 24.4 Å². The lowest BCUT2D eigenvalue weighted by atomic mass is 10.2. The Kier molecular flexibility index (Phi) is 12.5. The molecule has 0 rings (SSSR count). The molecule has 0 aliphatic heterocycles. The summed E-state index contributed by atoms with van der Waals surface area (Å²) in [6.45, 7) is 0.603. The lowest BCUT2D eigenvalue weighted by Crippen LogP contribution is -2.42. The molecule has 0 aromatic carbocycles. The van der Waals surface area contributed by atoms with E-state index in [0.29, 0.717) is 0 Å². The molecule has 0 fully saturated rings. The van der Waals surface area contributed by atoms with E-state index in [1.165, 1.54) is 14.0 Å². The van der Waals surface area contributed by atoms with E-state index in [2.05, 4.69) is 14.9 Å². The highest BCUT2D eigenvalue weighted by Gasteiger charge is 2.23. The van der Waals surface area contributed by atoms with Crippen LogP contribution >= 0.6 is 11.8 Å². The number of ether oxygens (including phenoxy) is 3. The number of nitrogens with one attached hydrogen (secondary N) is 1. The Balaban J connectivity index is 4.35. The molecule has 0 saturated heterocycles. The van der Waals surface area contributed by atoms with Crippen LogP contribution in [0.3, 0.4) is 0 Å². The topological polar surface area (TPSA) is 160 Å². The predicted molar refractivity (Wildman–Crippen MR) is 91.2 cm³/mol. The molecule has 0 aliphatic carbocycles. The molecule has 0 heterocycles. The third-order valence-electron chi connectivity index (χ3n) is 2.88. The summed E-state index contributed by atoms with van der Waals surface area (Å²) in [5, 5.41) is 11.6. The van der Waals surface area contributed by atoms with Gasteiger partial charge in [0.2, 0.25) is 11.7 Å². The number of amides is 1. The molecule has 0 saturated carbocycles. The lowest BCUT2D eigenvalue weighted by molar-refractivity contribution is -0.759. The Morgan fingerprint density at radius 3 is 2.33 bits per heavy atom. The molecule has 0 aromatic heterocycles. The third-order valence-corrected chi connectivity index (χ3v) is 3.91. The quantitative estimate of drug-likeness (QED) is 0.161. The number of rotatable bonds is 14. The largest absolute Gasteiger partial charge is 0.467 e. The van der Waals surface area contributed by atoms with Gasteiger partial charge in [0.1, 0.15) is 12.6 Å². The van der Waals surface area contributed by atoms with Crippen molar-refractivity contribution < 1.29 is 43.3 Å². The fourth-order valence-corrected chi connectivity index (χ4v) is 2.58. The highest BCUT2D eigenvalue weighted by atomic mass is 32.2. The van der Waals surface area contributed by atoms with Crippen molar-refractivity contribution in [1.82, 2.24) is 5.32 Å². The van der Waals surface area contributed by atoms with Crippen LogP contribution in [0, 0.1) is 16.0 Å². The third kappa shape index (κ3) is 11.8. The maximum Gasteiger partial charge on any atom is 0.375 e. The minimum atomic E-state index is -1.13. The van der Waals surface area contributed by atoms with Crippen molar-refractivity contribution in [1.29, 1.82) is 0 Å². The number of hydrogen-bond acceptors (Lipinski definition) is 11. The summed E-state index contributed by atoms with van der Waals surface area (Å²) in [4.78, 5) is 60.3. The van der Waals surface area contributed by atoms with Crippen LogP contribution in [0.2, 0.25) is 0 Å². The molecule has 0 aromatic rings. The number of esters is 2. The van der Waals surface area contributed by atoms with Gasteiger partial charge in [-0.05, 0) is 0 Å². The summed E-state index contributed by atoms with van der Waals surface area (Å²) in [5.74, 6) is -4.00. The zero-order chi connectivity index (χ0) is 20.8. The van der Waals surface area contributed by atoms with Crippen molar-refractivity contribution in [2.45, 2.75) is 13.0 Å². The van der Waals surface area contributed by atoms with Gasteiger partial charge in [-0.25, -0.2) is 9.59 Å². The fourth-order valence-electron chi connectivity index (χ4n) is 1.70. The average molecular weight is 410 g/mol. The van der Waals surface area contributed by atoms with E-state index < -0.39 is 40.7 Å². The van der Waals surface area contributed by atoms with Gasteiger partial charge in [0.05, 0.1) is 26.1 Å². The standard InChI is InChI=1S/C14H22N2O10S/c1-9(17)15-11(13(19)24-3)7-27-8-12(18)14(20)25-5-10(4-23-2)6-26-16(21)22/h10-11H,4-8H2,1-3H3,(H,15,17)/t10?,11-/m0/s1. The number of Topliss-reactive ketones (excluding diaryl/α,β-unsaturated/α-hetero) is 1. The van der Waals surface area contributed by atoms with Crippen LogP contribution in [-0.4, -0.2) is 80.3 Å². The summed E-state index contributed by atoms with van der Waals surface area (Å²) in [6, 6.07) is -0.952. The minimum Gasteiger partial charge on any atom is -0.467 e. The van der Waals surface area contributed by atoms with Gasteiger partial charge in [-0.15, -0.1) is 10.1 Å². The monoisotopic (exact) mass is 410 g/mol. The van der Waals surface area contributed by atoms with Gasteiger partial charge in [-0.1, -0.05) is 0 Å². The van der Waals surface area contributed by atoms with Crippen LogP contribution in [-0.2, 0) is 38.2 Å². The molecule has 154 valence electrons. The molecule has 1 N–H and O–H groups in total. The lowest BCUT2D eigenvalue weighted by Gasteiger charge is -2.15. The van der Waals surface area contributed by atoms with Crippen molar-refractivity contribution >= 4 is 35.4 Å². The SMILES string of the molecule is COCC(COC(=O)C(=O)CSC[C@H](NC(C)=O)C(=O)OC)CO[N+](=O)[O-]. The molecule has 27 heavy (non-hydrogen) atoms.